The number of aliphatic hydroxyl groups excluding tert-OH is 1. The number of rotatable bonds is 6. The number of carbonyl (C=O) groups is 1. The molecule has 0 aliphatic carbocycles. The van der Waals surface area contributed by atoms with Gasteiger partial charge in [-0.2, -0.15) is 0 Å². The van der Waals surface area contributed by atoms with Gasteiger partial charge in [-0.15, -0.1) is 0 Å². The third kappa shape index (κ3) is 4.05. The van der Waals surface area contributed by atoms with Gasteiger partial charge in [0.1, 0.15) is 17.6 Å². The summed E-state index contributed by atoms with van der Waals surface area (Å²) in [6, 6.07) is 21.9. The molecule has 2 aliphatic heterocycles. The molecule has 0 bridgehead atoms. The number of aliphatic hydroxyl groups is 1. The standard InChI is InChI=1S/C26H24N2O4/c29-12-4-11-27-20-9-7-19-13-21(18-8-10-23-22(14-18)28-25(30)16-31-23)26(32-24(19)15-20)17-5-2-1-3-6-17/h1-3,5-10,13-15,26-27,29H,4,11-12,16H2,(H,28,30). The van der Waals surface area contributed by atoms with E-state index in [2.05, 4.69) is 28.8 Å². The van der Waals surface area contributed by atoms with Gasteiger partial charge >= 0.3 is 0 Å². The van der Waals surface area contributed by atoms with Gasteiger partial charge in [0.05, 0.1) is 5.69 Å². The number of benzene rings is 3. The maximum Gasteiger partial charge on any atom is 0.262 e. The average Bonchev–Trinajstić information content (AvgIpc) is 2.83. The number of nitrogens with one attached hydrogen (secondary N) is 2. The number of ether oxygens (including phenoxy) is 2. The highest BCUT2D eigenvalue weighted by molar-refractivity contribution is 5.97. The van der Waals surface area contributed by atoms with Crippen LogP contribution in [-0.2, 0) is 4.79 Å². The molecule has 0 saturated heterocycles. The lowest BCUT2D eigenvalue weighted by Crippen LogP contribution is -2.25. The minimum absolute atomic E-state index is 0.0346. The molecular formula is C26H24N2O4. The molecular weight excluding hydrogens is 404 g/mol. The maximum atomic E-state index is 11.8. The molecule has 3 aromatic rings. The monoisotopic (exact) mass is 428 g/mol. The van der Waals surface area contributed by atoms with E-state index in [1.54, 1.807) is 0 Å². The van der Waals surface area contributed by atoms with E-state index in [9.17, 15) is 4.79 Å². The molecule has 3 aromatic carbocycles. The number of hydrogen-bond acceptors (Lipinski definition) is 5. The predicted octanol–water partition coefficient (Wildman–Crippen LogP) is 4.49. The van der Waals surface area contributed by atoms with E-state index in [1.807, 2.05) is 54.6 Å². The second-order valence-electron chi connectivity index (χ2n) is 7.81. The van der Waals surface area contributed by atoms with Crippen LogP contribution in [0, 0.1) is 0 Å². The molecule has 2 heterocycles. The highest BCUT2D eigenvalue weighted by Gasteiger charge is 2.27. The Labute approximate surface area is 186 Å². The molecule has 0 spiro atoms. The summed E-state index contributed by atoms with van der Waals surface area (Å²) >= 11 is 0. The molecule has 1 atom stereocenters. The van der Waals surface area contributed by atoms with Gasteiger partial charge in [0, 0.05) is 36.0 Å². The fourth-order valence-electron chi connectivity index (χ4n) is 3.98. The highest BCUT2D eigenvalue weighted by atomic mass is 16.5. The van der Waals surface area contributed by atoms with Crippen LogP contribution in [-0.4, -0.2) is 30.8 Å². The van der Waals surface area contributed by atoms with Crippen molar-refractivity contribution in [3.8, 4) is 11.5 Å². The Morgan fingerprint density at radius 1 is 1.03 bits per heavy atom. The summed E-state index contributed by atoms with van der Waals surface area (Å²) in [4.78, 5) is 11.8. The van der Waals surface area contributed by atoms with Crippen molar-refractivity contribution in [3.63, 3.8) is 0 Å². The zero-order valence-electron chi connectivity index (χ0n) is 17.5. The Morgan fingerprint density at radius 2 is 1.91 bits per heavy atom. The van der Waals surface area contributed by atoms with Crippen LogP contribution in [0.3, 0.4) is 0 Å². The smallest absolute Gasteiger partial charge is 0.262 e. The summed E-state index contributed by atoms with van der Waals surface area (Å²) in [6.07, 6.45) is 2.53. The van der Waals surface area contributed by atoms with Crippen molar-refractivity contribution >= 4 is 28.9 Å². The molecule has 162 valence electrons. The first-order valence-electron chi connectivity index (χ1n) is 10.7. The lowest BCUT2D eigenvalue weighted by molar-refractivity contribution is -0.118. The summed E-state index contributed by atoms with van der Waals surface area (Å²) in [5, 5.41) is 15.2. The molecule has 6 nitrogen and oxygen atoms in total. The lowest BCUT2D eigenvalue weighted by atomic mass is 9.90. The van der Waals surface area contributed by atoms with E-state index in [-0.39, 0.29) is 25.2 Å². The minimum atomic E-state index is -0.297. The van der Waals surface area contributed by atoms with Crippen molar-refractivity contribution in [1.29, 1.82) is 0 Å². The Balaban J connectivity index is 1.55. The Morgan fingerprint density at radius 3 is 2.75 bits per heavy atom. The number of amides is 1. The molecule has 32 heavy (non-hydrogen) atoms. The molecule has 0 aromatic heterocycles. The van der Waals surface area contributed by atoms with Crippen LogP contribution in [0.15, 0.2) is 66.7 Å². The molecule has 0 saturated carbocycles. The summed E-state index contributed by atoms with van der Waals surface area (Å²) in [7, 11) is 0. The van der Waals surface area contributed by atoms with Gasteiger partial charge < -0.3 is 25.2 Å². The Kier molecular flexibility index (Phi) is 5.52. The molecule has 5 rings (SSSR count). The van der Waals surface area contributed by atoms with Gasteiger partial charge in [0.15, 0.2) is 6.61 Å². The molecule has 6 heteroatoms. The third-order valence-electron chi connectivity index (χ3n) is 5.56. The van der Waals surface area contributed by atoms with Gasteiger partial charge in [-0.1, -0.05) is 36.4 Å². The van der Waals surface area contributed by atoms with Gasteiger partial charge in [0.2, 0.25) is 0 Å². The van der Waals surface area contributed by atoms with Gasteiger partial charge in [-0.05, 0) is 47.9 Å². The molecule has 1 unspecified atom stereocenters. The van der Waals surface area contributed by atoms with Crippen LogP contribution in [0.25, 0.3) is 11.6 Å². The van der Waals surface area contributed by atoms with Gasteiger partial charge in [-0.3, -0.25) is 4.79 Å². The summed E-state index contributed by atoms with van der Waals surface area (Å²) in [6.45, 7) is 0.886. The number of hydrogen-bond donors (Lipinski definition) is 3. The van der Waals surface area contributed by atoms with E-state index < -0.39 is 0 Å². The van der Waals surface area contributed by atoms with Crippen LogP contribution in [0.1, 0.15) is 29.2 Å². The molecule has 2 aliphatic rings. The van der Waals surface area contributed by atoms with Crippen molar-refractivity contribution in [2.24, 2.45) is 0 Å². The van der Waals surface area contributed by atoms with Crippen LogP contribution in [0.5, 0.6) is 11.5 Å². The second kappa shape index (κ2) is 8.77. The van der Waals surface area contributed by atoms with Gasteiger partial charge in [-0.25, -0.2) is 0 Å². The first-order chi connectivity index (χ1) is 15.7. The van der Waals surface area contributed by atoms with E-state index >= 15 is 0 Å². The third-order valence-corrected chi connectivity index (χ3v) is 5.56. The summed E-state index contributed by atoms with van der Waals surface area (Å²) < 4.78 is 12.0. The normalized spacial score (nSPS) is 16.6. The summed E-state index contributed by atoms with van der Waals surface area (Å²) in [5.74, 6) is 1.31. The van der Waals surface area contributed by atoms with Crippen molar-refractivity contribution in [1.82, 2.24) is 0 Å². The molecule has 0 radical (unpaired) electrons. The minimum Gasteiger partial charge on any atom is -0.482 e. The Hall–Kier alpha value is -3.77. The zero-order valence-corrected chi connectivity index (χ0v) is 17.5. The lowest BCUT2D eigenvalue weighted by Gasteiger charge is -2.29. The van der Waals surface area contributed by atoms with Crippen molar-refractivity contribution in [3.05, 3.63) is 83.4 Å². The highest BCUT2D eigenvalue weighted by Crippen LogP contribution is 2.44. The number of carbonyl (C=O) groups excluding carboxylic acids is 1. The molecule has 1 amide bonds. The van der Waals surface area contributed by atoms with Crippen LogP contribution >= 0.6 is 0 Å². The van der Waals surface area contributed by atoms with Gasteiger partial charge in [0.25, 0.3) is 5.91 Å². The van der Waals surface area contributed by atoms with Crippen molar-refractivity contribution in [2.45, 2.75) is 12.5 Å². The van der Waals surface area contributed by atoms with Crippen LogP contribution < -0.4 is 20.1 Å². The SMILES string of the molecule is O=C1COc2ccc(C3=Cc4ccc(NCCCO)cc4OC3c3ccccc3)cc2N1. The van der Waals surface area contributed by atoms with Crippen LogP contribution in [0.2, 0.25) is 0 Å². The van der Waals surface area contributed by atoms with Crippen molar-refractivity contribution in [2.75, 3.05) is 30.4 Å². The first kappa shape index (κ1) is 20.2. The molecule has 3 N–H and O–H groups in total. The van der Waals surface area contributed by atoms with E-state index in [0.29, 0.717) is 24.4 Å². The fourth-order valence-corrected chi connectivity index (χ4v) is 3.98. The Bertz CT molecular complexity index is 1170. The second-order valence-corrected chi connectivity index (χ2v) is 7.81. The summed E-state index contributed by atoms with van der Waals surface area (Å²) in [5.41, 5.74) is 5.61. The first-order valence-corrected chi connectivity index (χ1v) is 10.7. The largest absolute Gasteiger partial charge is 0.482 e. The quantitative estimate of drug-likeness (QED) is 0.504. The van der Waals surface area contributed by atoms with E-state index in [1.165, 1.54) is 0 Å². The zero-order chi connectivity index (χ0) is 21.9. The maximum absolute atomic E-state index is 11.8. The fraction of sp³-hybridized carbons (Fsp3) is 0.192. The average molecular weight is 428 g/mol. The number of fused-ring (bicyclic) bond motifs is 2. The topological polar surface area (TPSA) is 79.8 Å². The predicted molar refractivity (Wildman–Crippen MR) is 125 cm³/mol. The van der Waals surface area contributed by atoms with Crippen molar-refractivity contribution < 1.29 is 19.4 Å². The molecule has 0 fully saturated rings. The van der Waals surface area contributed by atoms with Crippen LogP contribution in [0.4, 0.5) is 11.4 Å². The number of anilines is 2. The van der Waals surface area contributed by atoms with E-state index in [4.69, 9.17) is 14.6 Å². The van der Waals surface area contributed by atoms with E-state index in [0.717, 1.165) is 33.7 Å².